The number of rotatable bonds is 1. The molecule has 80 valence electrons. The maximum absolute atomic E-state index is 12.5. The summed E-state index contributed by atoms with van der Waals surface area (Å²) >= 11 is 1.17. The molecule has 0 aliphatic carbocycles. The summed E-state index contributed by atoms with van der Waals surface area (Å²) < 4.78 is 42.7. The number of para-hydroxylation sites is 1. The fraction of sp³-hybridized carbons (Fsp3) is 0.222. The first-order valence-electron chi connectivity index (χ1n) is 4.03. The highest BCUT2D eigenvalue weighted by Gasteiger charge is 2.34. The number of aromatic nitrogens is 1. The molecular formula is C9H6F3NOS. The molecule has 0 atom stereocenters. The third-order valence-electron chi connectivity index (χ3n) is 1.88. The minimum absolute atomic E-state index is 0.130. The third kappa shape index (κ3) is 1.81. The number of halogens is 3. The van der Waals surface area contributed by atoms with Crippen molar-refractivity contribution in [3.63, 3.8) is 0 Å². The Morgan fingerprint density at radius 1 is 1.33 bits per heavy atom. The van der Waals surface area contributed by atoms with E-state index in [2.05, 4.69) is 4.98 Å². The first kappa shape index (κ1) is 10.4. The molecule has 2 nitrogen and oxygen atoms in total. The number of hydrogen-bond donors (Lipinski definition) is 0. The number of hydrogen-bond acceptors (Lipinski definition) is 3. The number of fused-ring (bicyclic) bond motifs is 1. The molecule has 0 aliphatic rings. The second-order valence-electron chi connectivity index (χ2n) is 2.83. The molecule has 0 saturated heterocycles. The van der Waals surface area contributed by atoms with Gasteiger partial charge in [-0.25, -0.2) is 4.98 Å². The molecule has 1 heterocycles. The van der Waals surface area contributed by atoms with Crippen LogP contribution in [-0.2, 0) is 6.18 Å². The van der Waals surface area contributed by atoms with Crippen molar-refractivity contribution in [3.05, 3.63) is 23.8 Å². The smallest absolute Gasteiger partial charge is 0.418 e. The van der Waals surface area contributed by atoms with Crippen LogP contribution in [0.2, 0.25) is 0 Å². The van der Waals surface area contributed by atoms with E-state index < -0.39 is 11.7 Å². The molecule has 1 aromatic heterocycles. The molecule has 6 heteroatoms. The SMILES string of the molecule is CSc1nc2c(C(F)(F)F)cccc2o1. The van der Waals surface area contributed by atoms with Crippen molar-refractivity contribution in [3.8, 4) is 0 Å². The summed E-state index contributed by atoms with van der Waals surface area (Å²) in [5.41, 5.74) is -0.729. The Kier molecular flexibility index (Phi) is 2.38. The highest BCUT2D eigenvalue weighted by atomic mass is 32.2. The Labute approximate surface area is 87.5 Å². The Morgan fingerprint density at radius 3 is 2.67 bits per heavy atom. The van der Waals surface area contributed by atoms with Gasteiger partial charge in [-0.2, -0.15) is 13.2 Å². The third-order valence-corrected chi connectivity index (χ3v) is 2.40. The molecule has 2 rings (SSSR count). The lowest BCUT2D eigenvalue weighted by molar-refractivity contribution is -0.136. The van der Waals surface area contributed by atoms with Gasteiger partial charge in [0, 0.05) is 0 Å². The predicted molar refractivity (Wildman–Crippen MR) is 50.8 cm³/mol. The van der Waals surface area contributed by atoms with Crippen molar-refractivity contribution in [1.82, 2.24) is 4.98 Å². The standard InChI is InChI=1S/C9H6F3NOS/c1-15-8-13-7-5(9(10,11)12)3-2-4-6(7)14-8/h2-4H,1H3. The Morgan fingerprint density at radius 2 is 2.07 bits per heavy atom. The van der Waals surface area contributed by atoms with Crippen LogP contribution in [0.5, 0.6) is 0 Å². The van der Waals surface area contributed by atoms with Crippen molar-refractivity contribution < 1.29 is 17.6 Å². The first-order valence-corrected chi connectivity index (χ1v) is 5.25. The van der Waals surface area contributed by atoms with Gasteiger partial charge in [-0.05, 0) is 18.4 Å². The molecule has 0 spiro atoms. The van der Waals surface area contributed by atoms with E-state index in [0.717, 1.165) is 6.07 Å². The molecule has 0 N–H and O–H groups in total. The molecule has 0 saturated carbocycles. The van der Waals surface area contributed by atoms with Crippen LogP contribution in [0, 0.1) is 0 Å². The maximum Gasteiger partial charge on any atom is 0.418 e. The summed E-state index contributed by atoms with van der Waals surface area (Å²) in [4.78, 5) is 3.77. The van der Waals surface area contributed by atoms with Crippen LogP contribution in [0.15, 0.2) is 27.8 Å². The molecule has 0 aliphatic heterocycles. The van der Waals surface area contributed by atoms with E-state index in [1.54, 1.807) is 6.26 Å². The lowest BCUT2D eigenvalue weighted by Gasteiger charge is -2.05. The number of alkyl halides is 3. The fourth-order valence-corrected chi connectivity index (χ4v) is 1.60. The number of oxazole rings is 1. The van der Waals surface area contributed by atoms with E-state index in [0.29, 0.717) is 0 Å². The average molecular weight is 233 g/mol. The van der Waals surface area contributed by atoms with Gasteiger partial charge in [0.1, 0.15) is 5.52 Å². The van der Waals surface area contributed by atoms with E-state index in [9.17, 15) is 13.2 Å². The van der Waals surface area contributed by atoms with Crippen molar-refractivity contribution in [2.24, 2.45) is 0 Å². The predicted octanol–water partition coefficient (Wildman–Crippen LogP) is 3.57. The Bertz CT molecular complexity index is 492. The quantitative estimate of drug-likeness (QED) is 0.704. The fourth-order valence-electron chi connectivity index (χ4n) is 1.24. The van der Waals surface area contributed by atoms with Gasteiger partial charge in [-0.15, -0.1) is 0 Å². The number of nitrogens with zero attached hydrogens (tertiary/aromatic N) is 1. The van der Waals surface area contributed by atoms with Gasteiger partial charge in [0.2, 0.25) is 0 Å². The zero-order chi connectivity index (χ0) is 11.1. The van der Waals surface area contributed by atoms with Crippen LogP contribution < -0.4 is 0 Å². The second-order valence-corrected chi connectivity index (χ2v) is 3.59. The van der Waals surface area contributed by atoms with E-state index >= 15 is 0 Å². The largest absolute Gasteiger partial charge is 0.431 e. The average Bonchev–Trinajstić information content (AvgIpc) is 2.57. The van der Waals surface area contributed by atoms with Crippen LogP contribution in [0.1, 0.15) is 5.56 Å². The van der Waals surface area contributed by atoms with Crippen LogP contribution in [0.4, 0.5) is 13.2 Å². The monoisotopic (exact) mass is 233 g/mol. The van der Waals surface area contributed by atoms with E-state index in [1.165, 1.54) is 23.9 Å². The molecule has 15 heavy (non-hydrogen) atoms. The first-order chi connectivity index (χ1) is 7.02. The van der Waals surface area contributed by atoms with Crippen molar-refractivity contribution in [2.75, 3.05) is 6.26 Å². The molecule has 2 aromatic rings. The van der Waals surface area contributed by atoms with Gasteiger partial charge in [-0.1, -0.05) is 17.8 Å². The van der Waals surface area contributed by atoms with Crippen LogP contribution in [-0.4, -0.2) is 11.2 Å². The highest BCUT2D eigenvalue weighted by Crippen LogP contribution is 2.35. The van der Waals surface area contributed by atoms with Gasteiger partial charge < -0.3 is 4.42 Å². The highest BCUT2D eigenvalue weighted by molar-refractivity contribution is 7.98. The van der Waals surface area contributed by atoms with Crippen molar-refractivity contribution >= 4 is 22.9 Å². The zero-order valence-corrected chi connectivity index (χ0v) is 8.45. The topological polar surface area (TPSA) is 26.0 Å². The molecule has 1 aromatic carbocycles. The molecule has 0 radical (unpaired) electrons. The molecule has 0 bridgehead atoms. The van der Waals surface area contributed by atoms with Gasteiger partial charge in [-0.3, -0.25) is 0 Å². The summed E-state index contributed by atoms with van der Waals surface area (Å²) in [6, 6.07) is 3.77. The maximum atomic E-state index is 12.5. The molecule has 0 fully saturated rings. The van der Waals surface area contributed by atoms with Crippen molar-refractivity contribution in [2.45, 2.75) is 11.4 Å². The summed E-state index contributed by atoms with van der Waals surface area (Å²) in [5.74, 6) is 0. The van der Waals surface area contributed by atoms with Crippen LogP contribution in [0.3, 0.4) is 0 Å². The zero-order valence-electron chi connectivity index (χ0n) is 7.63. The summed E-state index contributed by atoms with van der Waals surface area (Å²) in [6.07, 6.45) is -2.70. The van der Waals surface area contributed by atoms with Crippen LogP contribution >= 0.6 is 11.8 Å². The van der Waals surface area contributed by atoms with Gasteiger partial charge >= 0.3 is 6.18 Å². The number of benzene rings is 1. The summed E-state index contributed by atoms with van der Waals surface area (Å²) in [7, 11) is 0. The normalized spacial score (nSPS) is 12.3. The lowest BCUT2D eigenvalue weighted by atomic mass is 10.2. The van der Waals surface area contributed by atoms with E-state index in [-0.39, 0.29) is 16.3 Å². The summed E-state index contributed by atoms with van der Waals surface area (Å²) in [5, 5.41) is 0.238. The summed E-state index contributed by atoms with van der Waals surface area (Å²) in [6.45, 7) is 0. The van der Waals surface area contributed by atoms with Crippen molar-refractivity contribution in [1.29, 1.82) is 0 Å². The van der Waals surface area contributed by atoms with Gasteiger partial charge in [0.15, 0.2) is 5.58 Å². The van der Waals surface area contributed by atoms with Gasteiger partial charge in [0.05, 0.1) is 5.56 Å². The Hall–Kier alpha value is -1.17. The lowest BCUT2D eigenvalue weighted by Crippen LogP contribution is -2.05. The molecular weight excluding hydrogens is 227 g/mol. The Balaban J connectivity index is 2.70. The second kappa shape index (κ2) is 3.44. The number of thioether (sulfide) groups is 1. The molecule has 0 unspecified atom stereocenters. The minimum Gasteiger partial charge on any atom is -0.431 e. The van der Waals surface area contributed by atoms with Crippen LogP contribution in [0.25, 0.3) is 11.1 Å². The van der Waals surface area contributed by atoms with Gasteiger partial charge in [0.25, 0.3) is 5.22 Å². The molecule has 0 amide bonds. The van der Waals surface area contributed by atoms with E-state index in [1.807, 2.05) is 0 Å². The van der Waals surface area contributed by atoms with E-state index in [4.69, 9.17) is 4.42 Å². The minimum atomic E-state index is -4.40.